The fourth-order valence-corrected chi connectivity index (χ4v) is 2.63. The normalized spacial score (nSPS) is 10.4. The molecule has 1 heterocycles. The van der Waals surface area contributed by atoms with E-state index in [0.29, 0.717) is 11.3 Å². The molecular formula is C21H16BrN5O3. The number of nitrogens with zero attached hydrogens (tertiary/aromatic N) is 2. The van der Waals surface area contributed by atoms with E-state index in [0.717, 1.165) is 4.47 Å². The van der Waals surface area contributed by atoms with Gasteiger partial charge in [0.1, 0.15) is 0 Å². The third-order valence-corrected chi connectivity index (χ3v) is 4.34. The minimum Gasteiger partial charge on any atom is -0.322 e. The summed E-state index contributed by atoms with van der Waals surface area (Å²) in [5.41, 5.74) is 3.85. The Labute approximate surface area is 180 Å². The molecule has 1 aromatic heterocycles. The van der Waals surface area contributed by atoms with Gasteiger partial charge in [-0.05, 0) is 54.1 Å². The highest BCUT2D eigenvalue weighted by Gasteiger charge is 2.17. The molecule has 2 aromatic carbocycles. The first-order valence-electron chi connectivity index (χ1n) is 8.73. The summed E-state index contributed by atoms with van der Waals surface area (Å²) in [7, 11) is 0. The maximum atomic E-state index is 12.6. The van der Waals surface area contributed by atoms with Crippen LogP contribution in [0.4, 0.5) is 11.4 Å². The molecule has 30 heavy (non-hydrogen) atoms. The van der Waals surface area contributed by atoms with Crippen molar-refractivity contribution in [3.8, 4) is 0 Å². The first-order valence-corrected chi connectivity index (χ1v) is 9.52. The molecule has 0 bridgehead atoms. The predicted molar refractivity (Wildman–Crippen MR) is 117 cm³/mol. The van der Waals surface area contributed by atoms with Gasteiger partial charge in [0.05, 0.1) is 17.5 Å². The number of carbonyl (C=O) groups is 3. The molecule has 0 atom stereocenters. The van der Waals surface area contributed by atoms with E-state index >= 15 is 0 Å². The van der Waals surface area contributed by atoms with Crippen LogP contribution in [-0.4, -0.2) is 28.9 Å². The average Bonchev–Trinajstić information content (AvgIpc) is 2.76. The molecule has 0 saturated carbocycles. The number of aromatic nitrogens is 1. The van der Waals surface area contributed by atoms with Crippen molar-refractivity contribution >= 4 is 51.2 Å². The fourth-order valence-electron chi connectivity index (χ4n) is 2.37. The van der Waals surface area contributed by atoms with Crippen molar-refractivity contribution < 1.29 is 14.4 Å². The Balaban J connectivity index is 1.64. The van der Waals surface area contributed by atoms with E-state index < -0.39 is 17.7 Å². The van der Waals surface area contributed by atoms with Crippen LogP contribution < -0.4 is 16.1 Å². The molecule has 0 unspecified atom stereocenters. The summed E-state index contributed by atoms with van der Waals surface area (Å²) in [4.78, 5) is 40.6. The molecule has 9 heteroatoms. The van der Waals surface area contributed by atoms with Crippen molar-refractivity contribution in [3.63, 3.8) is 0 Å². The van der Waals surface area contributed by atoms with Crippen LogP contribution in [0.1, 0.15) is 15.9 Å². The summed E-state index contributed by atoms with van der Waals surface area (Å²) < 4.78 is 0.880. The van der Waals surface area contributed by atoms with Crippen LogP contribution in [0.2, 0.25) is 0 Å². The third-order valence-electron chi connectivity index (χ3n) is 3.81. The van der Waals surface area contributed by atoms with E-state index in [-0.39, 0.29) is 11.3 Å². The first kappa shape index (κ1) is 20.9. The van der Waals surface area contributed by atoms with Gasteiger partial charge >= 0.3 is 11.8 Å². The van der Waals surface area contributed by atoms with E-state index in [4.69, 9.17) is 0 Å². The van der Waals surface area contributed by atoms with Crippen LogP contribution in [0.5, 0.6) is 0 Å². The standard InChI is InChI=1S/C21H16BrN5O3/c22-15-5-7-16(8-6-15)25-19(28)17-3-1-2-4-18(17)26-20(29)21(30)27-24-13-14-9-11-23-12-10-14/h1-13H,(H,25,28)(H,26,29)(H,27,30). The van der Waals surface area contributed by atoms with Gasteiger partial charge in [-0.3, -0.25) is 19.4 Å². The summed E-state index contributed by atoms with van der Waals surface area (Å²) in [6.45, 7) is 0. The van der Waals surface area contributed by atoms with E-state index in [1.807, 2.05) is 0 Å². The maximum absolute atomic E-state index is 12.6. The summed E-state index contributed by atoms with van der Waals surface area (Å²) in [5, 5.41) is 8.90. The number of para-hydroxylation sites is 1. The van der Waals surface area contributed by atoms with E-state index in [9.17, 15) is 14.4 Å². The number of benzene rings is 2. The van der Waals surface area contributed by atoms with Crippen LogP contribution >= 0.6 is 15.9 Å². The van der Waals surface area contributed by atoms with Crippen molar-refractivity contribution in [2.24, 2.45) is 5.10 Å². The minimum absolute atomic E-state index is 0.199. The van der Waals surface area contributed by atoms with E-state index in [1.54, 1.807) is 67.0 Å². The van der Waals surface area contributed by atoms with Crippen LogP contribution in [0.25, 0.3) is 0 Å². The number of hydrogen-bond donors (Lipinski definition) is 3. The molecular weight excluding hydrogens is 450 g/mol. The number of carbonyl (C=O) groups excluding carboxylic acids is 3. The van der Waals surface area contributed by atoms with Crippen molar-refractivity contribution in [2.75, 3.05) is 10.6 Å². The lowest BCUT2D eigenvalue weighted by molar-refractivity contribution is -0.136. The molecule has 0 saturated heterocycles. The molecule has 3 amide bonds. The Morgan fingerprint density at radius 2 is 1.57 bits per heavy atom. The van der Waals surface area contributed by atoms with E-state index in [2.05, 4.69) is 42.1 Å². The molecule has 150 valence electrons. The van der Waals surface area contributed by atoms with Crippen LogP contribution in [0.3, 0.4) is 0 Å². The Morgan fingerprint density at radius 3 is 2.30 bits per heavy atom. The van der Waals surface area contributed by atoms with Gasteiger partial charge in [-0.1, -0.05) is 28.1 Å². The monoisotopic (exact) mass is 465 g/mol. The Bertz CT molecular complexity index is 1090. The second-order valence-corrected chi connectivity index (χ2v) is 6.86. The van der Waals surface area contributed by atoms with Gasteiger partial charge < -0.3 is 10.6 Å². The number of anilines is 2. The summed E-state index contributed by atoms with van der Waals surface area (Å²) in [6, 6.07) is 16.8. The van der Waals surface area contributed by atoms with Crippen molar-refractivity contribution in [1.29, 1.82) is 0 Å². The lowest BCUT2D eigenvalue weighted by Gasteiger charge is -2.11. The number of amides is 3. The smallest absolute Gasteiger partial charge is 0.322 e. The molecule has 3 rings (SSSR count). The highest BCUT2D eigenvalue weighted by molar-refractivity contribution is 9.10. The third kappa shape index (κ3) is 5.82. The predicted octanol–water partition coefficient (Wildman–Crippen LogP) is 3.19. The quantitative estimate of drug-likeness (QED) is 0.305. The SMILES string of the molecule is O=C(NN=Cc1ccncc1)C(=O)Nc1ccccc1C(=O)Nc1ccc(Br)cc1. The lowest BCUT2D eigenvalue weighted by atomic mass is 10.1. The zero-order valence-corrected chi connectivity index (χ0v) is 17.1. The topological polar surface area (TPSA) is 113 Å². The summed E-state index contributed by atoms with van der Waals surface area (Å²) in [5.74, 6) is -2.35. The first-order chi connectivity index (χ1) is 14.5. The Morgan fingerprint density at radius 1 is 0.867 bits per heavy atom. The molecule has 3 aromatic rings. The van der Waals surface area contributed by atoms with Gasteiger partial charge in [0.2, 0.25) is 0 Å². The van der Waals surface area contributed by atoms with E-state index in [1.165, 1.54) is 12.3 Å². The second kappa shape index (κ2) is 10.1. The van der Waals surface area contributed by atoms with Crippen molar-refractivity contribution in [1.82, 2.24) is 10.4 Å². The Kier molecular flexibility index (Phi) is 7.01. The number of hydrazone groups is 1. The van der Waals surface area contributed by atoms with Crippen molar-refractivity contribution in [2.45, 2.75) is 0 Å². The van der Waals surface area contributed by atoms with Gasteiger partial charge in [-0.15, -0.1) is 0 Å². The zero-order chi connectivity index (χ0) is 21.3. The summed E-state index contributed by atoms with van der Waals surface area (Å²) in [6.07, 6.45) is 4.53. The number of halogens is 1. The van der Waals surface area contributed by atoms with Crippen LogP contribution in [0.15, 0.2) is 82.6 Å². The van der Waals surface area contributed by atoms with Crippen molar-refractivity contribution in [3.05, 3.63) is 88.7 Å². The highest BCUT2D eigenvalue weighted by atomic mass is 79.9. The summed E-state index contributed by atoms with van der Waals surface area (Å²) >= 11 is 3.33. The Hall–Kier alpha value is -3.85. The highest BCUT2D eigenvalue weighted by Crippen LogP contribution is 2.19. The average molecular weight is 466 g/mol. The number of hydrogen-bond acceptors (Lipinski definition) is 5. The van der Waals surface area contributed by atoms with Crippen LogP contribution in [-0.2, 0) is 9.59 Å². The van der Waals surface area contributed by atoms with Gasteiger partial charge in [0, 0.05) is 22.6 Å². The molecule has 0 spiro atoms. The molecule has 0 fully saturated rings. The lowest BCUT2D eigenvalue weighted by Crippen LogP contribution is -2.33. The molecule has 0 aliphatic rings. The number of nitrogens with one attached hydrogen (secondary N) is 3. The minimum atomic E-state index is -0.969. The molecule has 0 radical (unpaired) electrons. The van der Waals surface area contributed by atoms with Gasteiger partial charge in [-0.25, -0.2) is 5.43 Å². The number of pyridine rings is 1. The number of rotatable bonds is 5. The largest absolute Gasteiger partial charge is 0.329 e. The maximum Gasteiger partial charge on any atom is 0.329 e. The van der Waals surface area contributed by atoms with Gasteiger partial charge in [-0.2, -0.15) is 5.10 Å². The molecule has 8 nitrogen and oxygen atoms in total. The van der Waals surface area contributed by atoms with Gasteiger partial charge in [0.25, 0.3) is 5.91 Å². The molecule has 0 aliphatic heterocycles. The zero-order valence-electron chi connectivity index (χ0n) is 15.5. The molecule has 0 aliphatic carbocycles. The fraction of sp³-hybridized carbons (Fsp3) is 0. The van der Waals surface area contributed by atoms with Crippen LogP contribution in [0, 0.1) is 0 Å². The molecule has 3 N–H and O–H groups in total. The van der Waals surface area contributed by atoms with Gasteiger partial charge in [0.15, 0.2) is 0 Å². The second-order valence-electron chi connectivity index (χ2n) is 5.94.